The fourth-order valence-electron chi connectivity index (χ4n) is 3.54. The van der Waals surface area contributed by atoms with E-state index in [1.165, 1.54) is 55.7 Å². The SMILES string of the molecule is CCCCCCC=CC1=C(CC=C=CCC(O)(O)C(=O)O)[C@@H](CCC)CC1. The molecule has 0 aliphatic heterocycles. The Morgan fingerprint density at radius 3 is 2.63 bits per heavy atom. The van der Waals surface area contributed by atoms with Gasteiger partial charge in [0.25, 0.3) is 5.79 Å². The Hall–Kier alpha value is -1.61. The van der Waals surface area contributed by atoms with Crippen LogP contribution >= 0.6 is 0 Å². The van der Waals surface area contributed by atoms with Crippen molar-refractivity contribution in [2.45, 2.75) is 90.3 Å². The lowest BCUT2D eigenvalue weighted by molar-refractivity contribution is -0.201. The molecule has 1 aliphatic carbocycles. The molecule has 0 bridgehead atoms. The fraction of sp³-hybridized carbons (Fsp3) is 0.652. The molecular weight excluding hydrogens is 340 g/mol. The van der Waals surface area contributed by atoms with Crippen LogP contribution in [-0.2, 0) is 4.79 Å². The van der Waals surface area contributed by atoms with Crippen molar-refractivity contribution in [3.63, 3.8) is 0 Å². The van der Waals surface area contributed by atoms with Gasteiger partial charge in [-0.3, -0.25) is 0 Å². The largest absolute Gasteiger partial charge is 0.477 e. The highest BCUT2D eigenvalue weighted by molar-refractivity contribution is 5.75. The van der Waals surface area contributed by atoms with Crippen LogP contribution in [0.4, 0.5) is 0 Å². The number of aliphatic carboxylic acids is 1. The first-order valence-electron chi connectivity index (χ1n) is 10.4. The average Bonchev–Trinajstić information content (AvgIpc) is 2.99. The number of hydrogen-bond donors (Lipinski definition) is 3. The van der Waals surface area contributed by atoms with E-state index in [4.69, 9.17) is 5.11 Å². The molecule has 152 valence electrons. The van der Waals surface area contributed by atoms with Gasteiger partial charge in [0, 0.05) is 6.42 Å². The summed E-state index contributed by atoms with van der Waals surface area (Å²) in [6.07, 6.45) is 19.2. The molecule has 27 heavy (non-hydrogen) atoms. The van der Waals surface area contributed by atoms with Crippen LogP contribution in [0, 0.1) is 5.92 Å². The van der Waals surface area contributed by atoms with Gasteiger partial charge in [0.05, 0.1) is 0 Å². The quantitative estimate of drug-likeness (QED) is 0.232. The predicted octanol–water partition coefficient (Wildman–Crippen LogP) is 5.28. The smallest absolute Gasteiger partial charge is 0.364 e. The summed E-state index contributed by atoms with van der Waals surface area (Å²) in [6, 6.07) is 0. The Balaban J connectivity index is 2.69. The maximum atomic E-state index is 10.7. The number of carboxylic acid groups (broad SMARTS) is 1. The van der Waals surface area contributed by atoms with Gasteiger partial charge < -0.3 is 15.3 Å². The van der Waals surface area contributed by atoms with Gasteiger partial charge >= 0.3 is 5.97 Å². The molecule has 0 saturated heterocycles. The van der Waals surface area contributed by atoms with Crippen molar-refractivity contribution in [2.24, 2.45) is 5.92 Å². The lowest BCUT2D eigenvalue weighted by Crippen LogP contribution is -2.37. The third-order valence-electron chi connectivity index (χ3n) is 5.13. The molecule has 1 aliphatic rings. The topological polar surface area (TPSA) is 77.8 Å². The molecule has 4 nitrogen and oxygen atoms in total. The average molecular weight is 377 g/mol. The van der Waals surface area contributed by atoms with E-state index in [1.54, 1.807) is 0 Å². The summed E-state index contributed by atoms with van der Waals surface area (Å²) in [7, 11) is 0. The van der Waals surface area contributed by atoms with Gasteiger partial charge in [-0.2, -0.15) is 0 Å². The van der Waals surface area contributed by atoms with Gasteiger partial charge in [-0.1, -0.05) is 57.3 Å². The summed E-state index contributed by atoms with van der Waals surface area (Å²) >= 11 is 0. The standard InChI is InChI=1S/C23H36O4/c1-3-5-6-7-8-10-14-20-17-16-19(13-4-2)21(20)15-11-9-12-18-23(26,27)22(24)25/h10-12,14,19,26-27H,3-8,13,15-18H2,1-2H3,(H,24,25)/t9?,19-/m0/s1. The molecule has 0 aromatic rings. The van der Waals surface area contributed by atoms with E-state index in [0.717, 1.165) is 25.7 Å². The molecule has 0 amide bonds. The zero-order valence-electron chi connectivity index (χ0n) is 16.9. The third-order valence-corrected chi connectivity index (χ3v) is 5.13. The number of carbonyl (C=O) groups is 1. The van der Waals surface area contributed by atoms with E-state index >= 15 is 0 Å². The van der Waals surface area contributed by atoms with Crippen LogP contribution in [0.5, 0.6) is 0 Å². The number of aliphatic hydroxyl groups is 2. The molecule has 0 aromatic heterocycles. The summed E-state index contributed by atoms with van der Waals surface area (Å²) in [4.78, 5) is 10.7. The van der Waals surface area contributed by atoms with Gasteiger partial charge in [-0.15, -0.1) is 5.73 Å². The molecule has 0 fully saturated rings. The van der Waals surface area contributed by atoms with E-state index in [9.17, 15) is 15.0 Å². The maximum absolute atomic E-state index is 10.7. The van der Waals surface area contributed by atoms with Crippen molar-refractivity contribution in [2.75, 3.05) is 0 Å². The number of carboxylic acids is 1. The molecule has 0 unspecified atom stereocenters. The first-order chi connectivity index (χ1) is 12.9. The van der Waals surface area contributed by atoms with Gasteiger partial charge in [0.15, 0.2) is 0 Å². The molecule has 1 rings (SSSR count). The summed E-state index contributed by atoms with van der Waals surface area (Å²) in [5.41, 5.74) is 5.80. The van der Waals surface area contributed by atoms with E-state index in [1.807, 2.05) is 6.08 Å². The zero-order valence-corrected chi connectivity index (χ0v) is 16.9. The van der Waals surface area contributed by atoms with Crippen molar-refractivity contribution in [1.29, 1.82) is 0 Å². The fourth-order valence-corrected chi connectivity index (χ4v) is 3.54. The summed E-state index contributed by atoms with van der Waals surface area (Å²) in [5.74, 6) is -3.75. The Bertz CT molecular complexity index is 577. The Morgan fingerprint density at radius 2 is 1.96 bits per heavy atom. The Kier molecular flexibility index (Phi) is 11.0. The second-order valence-electron chi connectivity index (χ2n) is 7.43. The van der Waals surface area contributed by atoms with Gasteiger partial charge in [0.2, 0.25) is 0 Å². The molecule has 1 atom stereocenters. The number of allylic oxidation sites excluding steroid dienone is 4. The number of unbranched alkanes of at least 4 members (excludes halogenated alkanes) is 4. The minimum Gasteiger partial charge on any atom is -0.477 e. The minimum atomic E-state index is -2.72. The predicted molar refractivity (Wildman–Crippen MR) is 109 cm³/mol. The molecule has 0 aromatic carbocycles. The molecule has 4 heteroatoms. The second-order valence-corrected chi connectivity index (χ2v) is 7.43. The highest BCUT2D eigenvalue weighted by Gasteiger charge is 2.31. The van der Waals surface area contributed by atoms with E-state index in [-0.39, 0.29) is 6.42 Å². The van der Waals surface area contributed by atoms with Crippen molar-refractivity contribution in [3.05, 3.63) is 41.2 Å². The van der Waals surface area contributed by atoms with Gasteiger partial charge in [-0.25, -0.2) is 4.79 Å². The second kappa shape index (κ2) is 12.7. The zero-order chi connectivity index (χ0) is 20.1. The minimum absolute atomic E-state index is 0.374. The molecule has 0 heterocycles. The Labute approximate surface area is 164 Å². The van der Waals surface area contributed by atoms with Crippen LogP contribution in [-0.4, -0.2) is 27.1 Å². The van der Waals surface area contributed by atoms with Crippen LogP contribution in [0.15, 0.2) is 41.2 Å². The molecular formula is C23H36O4. The summed E-state index contributed by atoms with van der Waals surface area (Å²) in [5, 5.41) is 27.2. The van der Waals surface area contributed by atoms with Crippen LogP contribution in [0.2, 0.25) is 0 Å². The molecule has 0 spiro atoms. The van der Waals surface area contributed by atoms with Gasteiger partial charge in [0.1, 0.15) is 0 Å². The highest BCUT2D eigenvalue weighted by Crippen LogP contribution is 2.37. The maximum Gasteiger partial charge on any atom is 0.364 e. The summed E-state index contributed by atoms with van der Waals surface area (Å²) < 4.78 is 0. The van der Waals surface area contributed by atoms with Gasteiger partial charge in [-0.05, 0) is 62.2 Å². The monoisotopic (exact) mass is 376 g/mol. The van der Waals surface area contributed by atoms with Crippen LogP contribution in [0.25, 0.3) is 0 Å². The van der Waals surface area contributed by atoms with Crippen LogP contribution < -0.4 is 0 Å². The summed E-state index contributed by atoms with van der Waals surface area (Å²) in [6.45, 7) is 4.44. The first-order valence-corrected chi connectivity index (χ1v) is 10.4. The van der Waals surface area contributed by atoms with E-state index in [0.29, 0.717) is 5.92 Å². The van der Waals surface area contributed by atoms with Crippen LogP contribution in [0.3, 0.4) is 0 Å². The van der Waals surface area contributed by atoms with Crippen molar-refractivity contribution in [1.82, 2.24) is 0 Å². The lowest BCUT2D eigenvalue weighted by Gasteiger charge is -2.13. The van der Waals surface area contributed by atoms with Crippen molar-refractivity contribution >= 4 is 5.97 Å². The molecule has 0 saturated carbocycles. The van der Waals surface area contributed by atoms with Crippen molar-refractivity contribution in [3.8, 4) is 0 Å². The van der Waals surface area contributed by atoms with E-state index in [2.05, 4.69) is 31.7 Å². The molecule has 0 radical (unpaired) electrons. The molecule has 3 N–H and O–H groups in total. The third kappa shape index (κ3) is 8.75. The number of rotatable bonds is 13. The van der Waals surface area contributed by atoms with Crippen LogP contribution in [0.1, 0.15) is 84.5 Å². The number of hydrogen-bond acceptors (Lipinski definition) is 3. The highest BCUT2D eigenvalue weighted by atomic mass is 16.5. The first kappa shape index (κ1) is 23.4. The van der Waals surface area contributed by atoms with Crippen molar-refractivity contribution < 1.29 is 20.1 Å². The van der Waals surface area contributed by atoms with E-state index < -0.39 is 11.8 Å². The normalized spacial score (nSPS) is 17.4. The Morgan fingerprint density at radius 1 is 1.19 bits per heavy atom. The lowest BCUT2D eigenvalue weighted by atomic mass is 9.93.